The standard InChI is InChI=1S/C22H18N2O4/c25-19-13-7-1-2-8-14(13)20(26)23(19)17-11-5-6-12-18(17)24-21(27)15-9-3-4-10-16(15)22(24)28/h1-4,7-10,17-18H,5-6,11-12H2. The maximum atomic E-state index is 13.0. The highest BCUT2D eigenvalue weighted by Gasteiger charge is 2.49. The van der Waals surface area contributed by atoms with Crippen molar-refractivity contribution < 1.29 is 19.2 Å². The molecule has 1 fully saturated rings. The second-order valence-corrected chi connectivity index (χ2v) is 7.47. The number of benzene rings is 2. The van der Waals surface area contributed by atoms with Crippen LogP contribution >= 0.6 is 0 Å². The number of nitrogens with zero attached hydrogens (tertiary/aromatic N) is 2. The van der Waals surface area contributed by atoms with Crippen LogP contribution in [-0.4, -0.2) is 45.5 Å². The van der Waals surface area contributed by atoms with Crippen molar-refractivity contribution in [3.63, 3.8) is 0 Å². The molecule has 2 atom stereocenters. The zero-order valence-corrected chi connectivity index (χ0v) is 15.1. The molecule has 2 aliphatic heterocycles. The number of imide groups is 2. The quantitative estimate of drug-likeness (QED) is 0.758. The molecule has 5 rings (SSSR count). The third-order valence-corrected chi connectivity index (χ3v) is 6.01. The van der Waals surface area contributed by atoms with Crippen molar-refractivity contribution >= 4 is 23.6 Å². The summed E-state index contributed by atoms with van der Waals surface area (Å²) in [6.45, 7) is 0. The molecule has 0 spiro atoms. The van der Waals surface area contributed by atoms with Gasteiger partial charge in [-0.05, 0) is 37.1 Å². The first-order valence-electron chi connectivity index (χ1n) is 9.53. The number of carbonyl (C=O) groups excluding carboxylic acids is 4. The molecule has 2 unspecified atom stereocenters. The summed E-state index contributed by atoms with van der Waals surface area (Å²) in [7, 11) is 0. The molecule has 0 radical (unpaired) electrons. The van der Waals surface area contributed by atoms with E-state index in [0.717, 1.165) is 12.8 Å². The van der Waals surface area contributed by atoms with E-state index in [4.69, 9.17) is 0 Å². The normalized spacial score (nSPS) is 24.0. The Hall–Kier alpha value is -3.28. The molecule has 140 valence electrons. The van der Waals surface area contributed by atoms with E-state index in [9.17, 15) is 19.2 Å². The van der Waals surface area contributed by atoms with E-state index >= 15 is 0 Å². The fourth-order valence-electron chi connectivity index (χ4n) is 4.71. The van der Waals surface area contributed by atoms with Crippen LogP contribution in [0.15, 0.2) is 48.5 Å². The van der Waals surface area contributed by atoms with Gasteiger partial charge in [-0.1, -0.05) is 37.1 Å². The Morgan fingerprint density at radius 1 is 0.536 bits per heavy atom. The molecule has 1 aliphatic carbocycles. The predicted octanol–water partition coefficient (Wildman–Crippen LogP) is 2.89. The monoisotopic (exact) mass is 374 g/mol. The summed E-state index contributed by atoms with van der Waals surface area (Å²) < 4.78 is 0. The van der Waals surface area contributed by atoms with Crippen LogP contribution in [-0.2, 0) is 0 Å². The second-order valence-electron chi connectivity index (χ2n) is 7.47. The van der Waals surface area contributed by atoms with Crippen molar-refractivity contribution in [2.45, 2.75) is 37.8 Å². The summed E-state index contributed by atoms with van der Waals surface area (Å²) in [6, 6.07) is 12.5. The van der Waals surface area contributed by atoms with E-state index in [2.05, 4.69) is 0 Å². The summed E-state index contributed by atoms with van der Waals surface area (Å²) in [5.41, 5.74) is 1.55. The van der Waals surface area contributed by atoms with Crippen LogP contribution in [0.2, 0.25) is 0 Å². The lowest BCUT2D eigenvalue weighted by Crippen LogP contribution is -2.56. The van der Waals surface area contributed by atoms with E-state index < -0.39 is 12.1 Å². The van der Waals surface area contributed by atoms with Crippen molar-refractivity contribution in [2.75, 3.05) is 0 Å². The predicted molar refractivity (Wildman–Crippen MR) is 99.9 cm³/mol. The van der Waals surface area contributed by atoms with Gasteiger partial charge in [0, 0.05) is 0 Å². The highest BCUT2D eigenvalue weighted by atomic mass is 16.2. The number of hydrogen-bond donors (Lipinski definition) is 0. The molecule has 2 aromatic rings. The second kappa shape index (κ2) is 6.12. The van der Waals surface area contributed by atoms with Crippen molar-refractivity contribution in [3.8, 4) is 0 Å². The molecule has 0 N–H and O–H groups in total. The van der Waals surface area contributed by atoms with Gasteiger partial charge in [0.2, 0.25) is 0 Å². The summed E-state index contributed by atoms with van der Waals surface area (Å²) in [4.78, 5) is 54.4. The molecule has 2 aromatic carbocycles. The third kappa shape index (κ3) is 2.21. The molecular formula is C22H18N2O4. The Morgan fingerprint density at radius 2 is 0.821 bits per heavy atom. The van der Waals surface area contributed by atoms with Crippen molar-refractivity contribution in [2.24, 2.45) is 0 Å². The number of fused-ring (bicyclic) bond motifs is 2. The molecular weight excluding hydrogens is 356 g/mol. The number of amides is 4. The van der Waals surface area contributed by atoms with Crippen LogP contribution in [0.3, 0.4) is 0 Å². The lowest BCUT2D eigenvalue weighted by molar-refractivity contribution is 0.0291. The maximum absolute atomic E-state index is 13.0. The van der Waals surface area contributed by atoms with Gasteiger partial charge in [0.05, 0.1) is 34.3 Å². The van der Waals surface area contributed by atoms with Gasteiger partial charge >= 0.3 is 0 Å². The van der Waals surface area contributed by atoms with Crippen LogP contribution in [0.4, 0.5) is 0 Å². The molecule has 0 aromatic heterocycles. The van der Waals surface area contributed by atoms with Gasteiger partial charge < -0.3 is 0 Å². The van der Waals surface area contributed by atoms with Gasteiger partial charge in [-0.2, -0.15) is 0 Å². The van der Waals surface area contributed by atoms with Crippen molar-refractivity contribution in [1.29, 1.82) is 0 Å². The summed E-state index contributed by atoms with van der Waals surface area (Å²) in [5, 5.41) is 0. The molecule has 6 nitrogen and oxygen atoms in total. The Morgan fingerprint density at radius 3 is 1.11 bits per heavy atom. The molecule has 1 saturated carbocycles. The molecule has 2 heterocycles. The molecule has 6 heteroatoms. The Labute approximate surface area is 161 Å². The molecule has 0 bridgehead atoms. The average Bonchev–Trinajstić information content (AvgIpc) is 3.13. The van der Waals surface area contributed by atoms with E-state index in [0.29, 0.717) is 35.1 Å². The van der Waals surface area contributed by atoms with Gasteiger partial charge in [0.1, 0.15) is 0 Å². The summed E-state index contributed by atoms with van der Waals surface area (Å²) >= 11 is 0. The SMILES string of the molecule is O=C1c2ccccc2C(=O)N1C1CCCCC1N1C(=O)c2ccccc2C1=O. The van der Waals surface area contributed by atoms with Gasteiger partial charge in [-0.15, -0.1) is 0 Å². The lowest BCUT2D eigenvalue weighted by Gasteiger charge is -2.40. The first kappa shape index (κ1) is 16.9. The number of carbonyl (C=O) groups is 4. The highest BCUT2D eigenvalue weighted by molar-refractivity contribution is 6.23. The minimum Gasteiger partial charge on any atom is -0.269 e. The van der Waals surface area contributed by atoms with E-state index in [-0.39, 0.29) is 23.6 Å². The zero-order valence-electron chi connectivity index (χ0n) is 15.1. The smallest absolute Gasteiger partial charge is 0.261 e. The Balaban J connectivity index is 1.53. The summed E-state index contributed by atoms with van der Waals surface area (Å²) in [5.74, 6) is -1.36. The Bertz CT molecular complexity index is 891. The van der Waals surface area contributed by atoms with Gasteiger partial charge in [0.25, 0.3) is 23.6 Å². The molecule has 4 amide bonds. The van der Waals surface area contributed by atoms with Crippen LogP contribution < -0.4 is 0 Å². The van der Waals surface area contributed by atoms with Gasteiger partial charge in [-0.3, -0.25) is 29.0 Å². The zero-order chi connectivity index (χ0) is 19.4. The molecule has 28 heavy (non-hydrogen) atoms. The van der Waals surface area contributed by atoms with E-state index in [1.807, 2.05) is 0 Å². The number of rotatable bonds is 2. The van der Waals surface area contributed by atoms with Gasteiger partial charge in [0.15, 0.2) is 0 Å². The lowest BCUT2D eigenvalue weighted by atomic mass is 9.88. The number of hydrogen-bond acceptors (Lipinski definition) is 4. The maximum Gasteiger partial charge on any atom is 0.261 e. The summed E-state index contributed by atoms with van der Waals surface area (Å²) in [6.07, 6.45) is 2.86. The van der Waals surface area contributed by atoms with E-state index in [1.54, 1.807) is 48.5 Å². The highest BCUT2D eigenvalue weighted by Crippen LogP contribution is 2.36. The third-order valence-electron chi connectivity index (χ3n) is 6.01. The minimum atomic E-state index is -0.497. The van der Waals surface area contributed by atoms with Crippen LogP contribution in [0.1, 0.15) is 67.1 Å². The van der Waals surface area contributed by atoms with Crippen LogP contribution in [0.5, 0.6) is 0 Å². The fourth-order valence-corrected chi connectivity index (χ4v) is 4.71. The topological polar surface area (TPSA) is 74.8 Å². The largest absolute Gasteiger partial charge is 0.269 e. The Kier molecular flexibility index (Phi) is 3.69. The minimum absolute atomic E-state index is 0.339. The van der Waals surface area contributed by atoms with Gasteiger partial charge in [-0.25, -0.2) is 0 Å². The van der Waals surface area contributed by atoms with Crippen molar-refractivity contribution in [1.82, 2.24) is 9.80 Å². The van der Waals surface area contributed by atoms with Crippen LogP contribution in [0, 0.1) is 0 Å². The first-order chi connectivity index (χ1) is 13.6. The van der Waals surface area contributed by atoms with Crippen molar-refractivity contribution in [3.05, 3.63) is 70.8 Å². The average molecular weight is 374 g/mol. The first-order valence-corrected chi connectivity index (χ1v) is 9.53. The molecule has 3 aliphatic rings. The fraction of sp³-hybridized carbons (Fsp3) is 0.273. The molecule has 0 saturated heterocycles. The van der Waals surface area contributed by atoms with Crippen LogP contribution in [0.25, 0.3) is 0 Å². The van der Waals surface area contributed by atoms with E-state index in [1.165, 1.54) is 9.80 Å².